The standard InChI is InChI=1S/C10H6F2N2O/c11-7-3-4-9(8(12)6-7)14-10(15)2-1-5-13-14/h1-6H. The highest BCUT2D eigenvalue weighted by atomic mass is 19.1. The first-order chi connectivity index (χ1) is 7.18. The third kappa shape index (κ3) is 1.76. The van der Waals surface area contributed by atoms with Crippen LogP contribution in [0.4, 0.5) is 8.78 Å². The highest BCUT2D eigenvalue weighted by molar-refractivity contribution is 5.32. The van der Waals surface area contributed by atoms with E-state index in [-0.39, 0.29) is 5.69 Å². The lowest BCUT2D eigenvalue weighted by Gasteiger charge is -2.04. The van der Waals surface area contributed by atoms with Gasteiger partial charge in [0.15, 0.2) is 5.82 Å². The Bertz CT molecular complexity index is 551. The molecule has 0 aliphatic carbocycles. The molecule has 1 heterocycles. The Morgan fingerprint density at radius 2 is 2.00 bits per heavy atom. The number of halogens is 2. The lowest BCUT2D eigenvalue weighted by molar-refractivity contribution is 0.570. The highest BCUT2D eigenvalue weighted by Crippen LogP contribution is 2.11. The molecule has 0 amide bonds. The predicted octanol–water partition coefficient (Wildman–Crippen LogP) is 1.51. The summed E-state index contributed by atoms with van der Waals surface area (Å²) in [6.07, 6.45) is 1.35. The minimum Gasteiger partial charge on any atom is -0.267 e. The zero-order valence-corrected chi connectivity index (χ0v) is 7.52. The van der Waals surface area contributed by atoms with Gasteiger partial charge < -0.3 is 0 Å². The van der Waals surface area contributed by atoms with Crippen molar-refractivity contribution in [2.75, 3.05) is 0 Å². The second-order valence-corrected chi connectivity index (χ2v) is 2.87. The van der Waals surface area contributed by atoms with E-state index in [1.165, 1.54) is 24.4 Å². The molecule has 3 nitrogen and oxygen atoms in total. The molecule has 0 atom stereocenters. The average Bonchev–Trinajstić information content (AvgIpc) is 2.20. The van der Waals surface area contributed by atoms with E-state index in [9.17, 15) is 13.6 Å². The van der Waals surface area contributed by atoms with Gasteiger partial charge in [0.1, 0.15) is 11.5 Å². The minimum absolute atomic E-state index is 0.0676. The summed E-state index contributed by atoms with van der Waals surface area (Å²) in [5.41, 5.74) is -0.537. The summed E-state index contributed by atoms with van der Waals surface area (Å²) in [6, 6.07) is 5.63. The highest BCUT2D eigenvalue weighted by Gasteiger charge is 2.07. The molecule has 0 aliphatic heterocycles. The van der Waals surface area contributed by atoms with E-state index in [1.54, 1.807) is 0 Å². The van der Waals surface area contributed by atoms with Crippen LogP contribution in [0.3, 0.4) is 0 Å². The zero-order valence-electron chi connectivity index (χ0n) is 7.52. The van der Waals surface area contributed by atoms with Crippen molar-refractivity contribution in [3.63, 3.8) is 0 Å². The summed E-state index contributed by atoms with van der Waals surface area (Å²) >= 11 is 0. The molecule has 0 saturated heterocycles. The van der Waals surface area contributed by atoms with Crippen molar-refractivity contribution in [1.82, 2.24) is 9.78 Å². The molecule has 5 heteroatoms. The molecule has 15 heavy (non-hydrogen) atoms. The molecular weight excluding hydrogens is 202 g/mol. The smallest absolute Gasteiger partial charge is 0.267 e. The molecule has 0 saturated carbocycles. The second kappa shape index (κ2) is 3.61. The number of benzene rings is 1. The van der Waals surface area contributed by atoms with Crippen molar-refractivity contribution >= 4 is 0 Å². The van der Waals surface area contributed by atoms with Crippen molar-refractivity contribution in [2.45, 2.75) is 0 Å². The van der Waals surface area contributed by atoms with E-state index in [2.05, 4.69) is 5.10 Å². The van der Waals surface area contributed by atoms with Gasteiger partial charge in [-0.1, -0.05) is 0 Å². The molecular formula is C10H6F2N2O. The Balaban J connectivity index is 2.65. The summed E-state index contributed by atoms with van der Waals surface area (Å²) in [4.78, 5) is 11.3. The largest absolute Gasteiger partial charge is 0.271 e. The van der Waals surface area contributed by atoms with E-state index in [4.69, 9.17) is 0 Å². The zero-order chi connectivity index (χ0) is 10.8. The predicted molar refractivity (Wildman–Crippen MR) is 49.8 cm³/mol. The molecule has 1 aromatic heterocycles. The van der Waals surface area contributed by atoms with Gasteiger partial charge in [0.25, 0.3) is 5.56 Å². The Morgan fingerprint density at radius 1 is 1.20 bits per heavy atom. The van der Waals surface area contributed by atoms with Crippen LogP contribution < -0.4 is 5.56 Å². The van der Waals surface area contributed by atoms with Crippen LogP contribution in [0.2, 0.25) is 0 Å². The van der Waals surface area contributed by atoms with Gasteiger partial charge in [-0.25, -0.2) is 8.78 Å². The first-order valence-corrected chi connectivity index (χ1v) is 4.18. The van der Waals surface area contributed by atoms with E-state index >= 15 is 0 Å². The number of rotatable bonds is 1. The van der Waals surface area contributed by atoms with Crippen LogP contribution in [0.1, 0.15) is 0 Å². The molecule has 76 valence electrons. The second-order valence-electron chi connectivity index (χ2n) is 2.87. The van der Waals surface area contributed by atoms with Crippen molar-refractivity contribution in [3.8, 4) is 5.69 Å². The van der Waals surface area contributed by atoms with Crippen LogP contribution >= 0.6 is 0 Å². The van der Waals surface area contributed by atoms with Crippen LogP contribution in [-0.2, 0) is 0 Å². The van der Waals surface area contributed by atoms with Gasteiger partial charge in [-0.3, -0.25) is 4.79 Å². The fourth-order valence-electron chi connectivity index (χ4n) is 1.19. The van der Waals surface area contributed by atoms with Crippen LogP contribution in [0.15, 0.2) is 41.3 Å². The SMILES string of the molecule is O=c1cccnn1-c1ccc(F)cc1F. The Labute approximate surface area is 83.6 Å². The maximum absolute atomic E-state index is 13.3. The van der Waals surface area contributed by atoms with Gasteiger partial charge in [0, 0.05) is 18.3 Å². The molecule has 1 aromatic carbocycles. The van der Waals surface area contributed by atoms with Crippen LogP contribution in [0, 0.1) is 11.6 Å². The van der Waals surface area contributed by atoms with Gasteiger partial charge >= 0.3 is 0 Å². The van der Waals surface area contributed by atoms with E-state index in [1.807, 2.05) is 0 Å². The van der Waals surface area contributed by atoms with Gasteiger partial charge in [0.2, 0.25) is 0 Å². The number of aromatic nitrogens is 2. The summed E-state index contributed by atoms with van der Waals surface area (Å²) in [6.45, 7) is 0. The average molecular weight is 208 g/mol. The van der Waals surface area contributed by atoms with Crippen LogP contribution in [-0.4, -0.2) is 9.78 Å². The Hall–Kier alpha value is -2.04. The monoisotopic (exact) mass is 208 g/mol. The summed E-state index contributed by atoms with van der Waals surface area (Å²) in [5, 5.41) is 3.68. The van der Waals surface area contributed by atoms with E-state index < -0.39 is 17.2 Å². The van der Waals surface area contributed by atoms with E-state index in [0.29, 0.717) is 6.07 Å². The number of hydrogen-bond donors (Lipinski definition) is 0. The lowest BCUT2D eigenvalue weighted by Crippen LogP contribution is -2.20. The minimum atomic E-state index is -0.823. The molecule has 0 N–H and O–H groups in total. The first kappa shape index (κ1) is 9.51. The maximum Gasteiger partial charge on any atom is 0.271 e. The molecule has 2 aromatic rings. The molecule has 0 aliphatic rings. The van der Waals surface area contributed by atoms with Gasteiger partial charge in [-0.15, -0.1) is 0 Å². The summed E-state index contributed by atoms with van der Waals surface area (Å²) in [7, 11) is 0. The van der Waals surface area contributed by atoms with Gasteiger partial charge in [-0.05, 0) is 18.2 Å². The third-order valence-electron chi connectivity index (χ3n) is 1.85. The molecule has 0 unspecified atom stereocenters. The van der Waals surface area contributed by atoms with Crippen molar-refractivity contribution in [2.24, 2.45) is 0 Å². The normalized spacial score (nSPS) is 10.3. The number of hydrogen-bond acceptors (Lipinski definition) is 2. The fourth-order valence-corrected chi connectivity index (χ4v) is 1.19. The van der Waals surface area contributed by atoms with Gasteiger partial charge in [-0.2, -0.15) is 9.78 Å². The Kier molecular flexibility index (Phi) is 2.29. The van der Waals surface area contributed by atoms with Crippen LogP contribution in [0.5, 0.6) is 0 Å². The molecule has 0 radical (unpaired) electrons. The topological polar surface area (TPSA) is 34.9 Å². The lowest BCUT2D eigenvalue weighted by atomic mass is 10.3. The molecule has 2 rings (SSSR count). The third-order valence-corrected chi connectivity index (χ3v) is 1.85. The summed E-state index contributed by atoms with van der Waals surface area (Å²) < 4.78 is 26.8. The van der Waals surface area contributed by atoms with Crippen LogP contribution in [0.25, 0.3) is 5.69 Å². The Morgan fingerprint density at radius 3 is 2.67 bits per heavy atom. The van der Waals surface area contributed by atoms with Gasteiger partial charge in [0.05, 0.1) is 0 Å². The first-order valence-electron chi connectivity index (χ1n) is 4.18. The quantitative estimate of drug-likeness (QED) is 0.712. The summed E-state index contributed by atoms with van der Waals surface area (Å²) in [5.74, 6) is -1.52. The number of nitrogens with zero attached hydrogens (tertiary/aromatic N) is 2. The van der Waals surface area contributed by atoms with Crippen molar-refractivity contribution in [1.29, 1.82) is 0 Å². The fraction of sp³-hybridized carbons (Fsp3) is 0. The molecule has 0 bridgehead atoms. The van der Waals surface area contributed by atoms with Crippen molar-refractivity contribution in [3.05, 3.63) is 58.5 Å². The maximum atomic E-state index is 13.3. The molecule has 0 spiro atoms. The van der Waals surface area contributed by atoms with E-state index in [0.717, 1.165) is 10.7 Å². The van der Waals surface area contributed by atoms with Crippen molar-refractivity contribution < 1.29 is 8.78 Å². The molecule has 0 fully saturated rings.